The number of carboxylic acids is 1. The van der Waals surface area contributed by atoms with Gasteiger partial charge in [-0.05, 0) is 6.42 Å². The molecular formula is C8H17NO3. The molecule has 0 aliphatic heterocycles. The maximum atomic E-state index is 10.3. The van der Waals surface area contributed by atoms with Crippen LogP contribution in [0, 0.1) is 0 Å². The van der Waals surface area contributed by atoms with Gasteiger partial charge in [-0.1, -0.05) is 20.8 Å². The summed E-state index contributed by atoms with van der Waals surface area (Å²) in [5.74, 6) is -1.30. The van der Waals surface area contributed by atoms with Crippen LogP contribution in [0.2, 0.25) is 0 Å². The quantitative estimate of drug-likeness (QED) is 0.672. The Morgan fingerprint density at radius 3 is 1.92 bits per heavy atom. The maximum Gasteiger partial charge on any atom is 0.326 e. The van der Waals surface area contributed by atoms with Crippen LogP contribution < -0.4 is 5.32 Å². The molecule has 0 saturated heterocycles. The van der Waals surface area contributed by atoms with Gasteiger partial charge in [-0.15, -0.1) is 0 Å². The van der Waals surface area contributed by atoms with Gasteiger partial charge in [0, 0.05) is 6.92 Å². The zero-order valence-electron chi connectivity index (χ0n) is 8.05. The van der Waals surface area contributed by atoms with Crippen molar-refractivity contribution >= 4 is 11.9 Å². The lowest BCUT2D eigenvalue weighted by molar-refractivity contribution is -0.141. The summed E-state index contributed by atoms with van der Waals surface area (Å²) in [6.45, 7) is 7.00. The average molecular weight is 175 g/mol. The summed E-state index contributed by atoms with van der Waals surface area (Å²) in [5.41, 5.74) is 0. The van der Waals surface area contributed by atoms with Gasteiger partial charge in [-0.2, -0.15) is 0 Å². The van der Waals surface area contributed by atoms with Crippen molar-refractivity contribution in [2.75, 3.05) is 0 Å². The van der Waals surface area contributed by atoms with Crippen LogP contribution in [0.4, 0.5) is 0 Å². The Morgan fingerprint density at radius 1 is 1.42 bits per heavy atom. The van der Waals surface area contributed by atoms with Crippen LogP contribution in [0.5, 0.6) is 0 Å². The van der Waals surface area contributed by atoms with Crippen molar-refractivity contribution in [1.82, 2.24) is 5.32 Å². The predicted octanol–water partition coefficient (Wildman–Crippen LogP) is 1.01. The summed E-state index contributed by atoms with van der Waals surface area (Å²) in [7, 11) is 0. The molecule has 0 radical (unpaired) electrons. The number of hydrogen-bond donors (Lipinski definition) is 2. The number of carbonyl (C=O) groups is 2. The lowest BCUT2D eigenvalue weighted by atomic mass is 10.2. The van der Waals surface area contributed by atoms with Gasteiger partial charge in [0.05, 0.1) is 0 Å². The zero-order valence-corrected chi connectivity index (χ0v) is 8.05. The Morgan fingerprint density at radius 2 is 1.83 bits per heavy atom. The van der Waals surface area contributed by atoms with Crippen LogP contribution >= 0.6 is 0 Å². The first-order valence-electron chi connectivity index (χ1n) is 4.07. The average Bonchev–Trinajstić information content (AvgIpc) is 2.03. The second-order valence-electron chi connectivity index (χ2n) is 2.00. The number of carboxylic acid groups (broad SMARTS) is 1. The van der Waals surface area contributed by atoms with Crippen LogP contribution in [0.3, 0.4) is 0 Å². The summed E-state index contributed by atoms with van der Waals surface area (Å²) in [4.78, 5) is 20.6. The molecule has 0 saturated carbocycles. The molecule has 0 aliphatic carbocycles. The third kappa shape index (κ3) is 7.05. The molecule has 0 fully saturated rings. The highest BCUT2D eigenvalue weighted by atomic mass is 16.4. The number of hydrogen-bond acceptors (Lipinski definition) is 2. The second-order valence-corrected chi connectivity index (χ2v) is 2.00. The number of carbonyl (C=O) groups excluding carboxylic acids is 1. The highest BCUT2D eigenvalue weighted by Crippen LogP contribution is 1.89. The molecule has 0 aliphatic rings. The molecule has 0 aromatic rings. The van der Waals surface area contributed by atoms with Gasteiger partial charge in [0.15, 0.2) is 0 Å². The van der Waals surface area contributed by atoms with E-state index in [0.29, 0.717) is 6.42 Å². The summed E-state index contributed by atoms with van der Waals surface area (Å²) in [5, 5.41) is 10.7. The van der Waals surface area contributed by atoms with E-state index in [1.165, 1.54) is 6.92 Å². The Hall–Kier alpha value is -1.06. The van der Waals surface area contributed by atoms with Gasteiger partial charge >= 0.3 is 5.97 Å². The highest BCUT2D eigenvalue weighted by molar-refractivity contribution is 5.81. The number of aliphatic carboxylic acids is 1. The summed E-state index contributed by atoms with van der Waals surface area (Å²) < 4.78 is 0. The van der Waals surface area contributed by atoms with E-state index in [2.05, 4.69) is 5.32 Å². The summed E-state index contributed by atoms with van der Waals surface area (Å²) in [6.07, 6.45) is 0.412. The van der Waals surface area contributed by atoms with Crippen molar-refractivity contribution in [2.45, 2.75) is 40.2 Å². The van der Waals surface area contributed by atoms with Gasteiger partial charge in [-0.25, -0.2) is 4.79 Å². The highest BCUT2D eigenvalue weighted by Gasteiger charge is 2.14. The Kier molecular flexibility index (Phi) is 9.06. The maximum absolute atomic E-state index is 10.3. The molecule has 1 atom stereocenters. The van der Waals surface area contributed by atoms with Crippen molar-refractivity contribution in [3.8, 4) is 0 Å². The van der Waals surface area contributed by atoms with E-state index in [0.717, 1.165) is 0 Å². The van der Waals surface area contributed by atoms with Crippen molar-refractivity contribution < 1.29 is 14.7 Å². The molecule has 0 heterocycles. The third-order valence-electron chi connectivity index (χ3n) is 1.08. The monoisotopic (exact) mass is 175 g/mol. The molecule has 0 aromatic heterocycles. The lowest BCUT2D eigenvalue weighted by Crippen LogP contribution is -2.38. The molecule has 0 bridgehead atoms. The SMILES string of the molecule is CC.CCC(NC(C)=O)C(=O)O. The van der Waals surface area contributed by atoms with E-state index in [9.17, 15) is 9.59 Å². The molecule has 1 amide bonds. The first-order valence-corrected chi connectivity index (χ1v) is 4.07. The summed E-state index contributed by atoms with van der Waals surface area (Å²) >= 11 is 0. The Bertz CT molecular complexity index is 145. The van der Waals surface area contributed by atoms with Crippen LogP contribution in [0.25, 0.3) is 0 Å². The van der Waals surface area contributed by atoms with Gasteiger partial charge in [0.1, 0.15) is 6.04 Å². The van der Waals surface area contributed by atoms with Crippen LogP contribution in [0.1, 0.15) is 34.1 Å². The fraction of sp³-hybridized carbons (Fsp3) is 0.750. The van der Waals surface area contributed by atoms with E-state index < -0.39 is 12.0 Å². The van der Waals surface area contributed by atoms with Gasteiger partial charge in [-0.3, -0.25) is 4.79 Å². The number of rotatable bonds is 3. The topological polar surface area (TPSA) is 66.4 Å². The molecule has 4 nitrogen and oxygen atoms in total. The van der Waals surface area contributed by atoms with Gasteiger partial charge in [0.25, 0.3) is 0 Å². The standard InChI is InChI=1S/C6H11NO3.C2H6/c1-3-5(6(9)10)7-4(2)8;1-2/h5H,3H2,1-2H3,(H,7,8)(H,9,10);1-2H3. The van der Waals surface area contributed by atoms with E-state index in [1.54, 1.807) is 6.92 Å². The van der Waals surface area contributed by atoms with Crippen LogP contribution in [0.15, 0.2) is 0 Å². The number of amides is 1. The molecule has 72 valence electrons. The molecule has 0 spiro atoms. The lowest BCUT2D eigenvalue weighted by Gasteiger charge is -2.08. The first-order chi connectivity index (χ1) is 5.57. The smallest absolute Gasteiger partial charge is 0.326 e. The van der Waals surface area contributed by atoms with Crippen molar-refractivity contribution in [3.05, 3.63) is 0 Å². The minimum atomic E-state index is -0.988. The van der Waals surface area contributed by atoms with Gasteiger partial charge in [0.2, 0.25) is 5.91 Å². The van der Waals surface area contributed by atoms with Crippen molar-refractivity contribution in [3.63, 3.8) is 0 Å². The Balaban J connectivity index is 0. The third-order valence-corrected chi connectivity index (χ3v) is 1.08. The van der Waals surface area contributed by atoms with E-state index in [-0.39, 0.29) is 5.91 Å². The fourth-order valence-corrected chi connectivity index (χ4v) is 0.584. The normalized spacial score (nSPS) is 10.7. The molecule has 0 rings (SSSR count). The van der Waals surface area contributed by atoms with E-state index in [1.807, 2.05) is 13.8 Å². The first kappa shape index (κ1) is 13.5. The minimum absolute atomic E-state index is 0.311. The molecular weight excluding hydrogens is 158 g/mol. The number of nitrogens with one attached hydrogen (secondary N) is 1. The fourth-order valence-electron chi connectivity index (χ4n) is 0.584. The Labute approximate surface area is 73.0 Å². The molecule has 12 heavy (non-hydrogen) atoms. The largest absolute Gasteiger partial charge is 0.480 e. The van der Waals surface area contributed by atoms with Crippen molar-refractivity contribution in [2.24, 2.45) is 0 Å². The van der Waals surface area contributed by atoms with Crippen LogP contribution in [-0.2, 0) is 9.59 Å². The van der Waals surface area contributed by atoms with Crippen LogP contribution in [-0.4, -0.2) is 23.0 Å². The van der Waals surface area contributed by atoms with E-state index in [4.69, 9.17) is 5.11 Å². The van der Waals surface area contributed by atoms with Crippen molar-refractivity contribution in [1.29, 1.82) is 0 Å². The molecule has 4 heteroatoms. The van der Waals surface area contributed by atoms with Gasteiger partial charge < -0.3 is 10.4 Å². The van der Waals surface area contributed by atoms with E-state index >= 15 is 0 Å². The second kappa shape index (κ2) is 8.04. The summed E-state index contributed by atoms with van der Waals surface area (Å²) in [6, 6.07) is -0.738. The molecule has 2 N–H and O–H groups in total. The predicted molar refractivity (Wildman–Crippen MR) is 46.9 cm³/mol. The zero-order chi connectivity index (χ0) is 10.1. The molecule has 1 unspecified atom stereocenters. The minimum Gasteiger partial charge on any atom is -0.480 e. The molecule has 0 aromatic carbocycles.